The van der Waals surface area contributed by atoms with Crippen LogP contribution in [0.5, 0.6) is 0 Å². The van der Waals surface area contributed by atoms with Crippen LogP contribution in [-0.2, 0) is 4.79 Å². The quantitative estimate of drug-likeness (QED) is 0.360. The fourth-order valence-corrected chi connectivity index (χ4v) is 1.26. The molecule has 0 atom stereocenters. The number of hydrogen-bond acceptors (Lipinski definition) is 1. The van der Waals surface area contributed by atoms with Crippen molar-refractivity contribution in [1.82, 2.24) is 0 Å². The average Bonchev–Trinajstić information content (AvgIpc) is 2.31. The van der Waals surface area contributed by atoms with Gasteiger partial charge in [0.05, 0.1) is 0 Å². The molecule has 0 unspecified atom stereocenters. The summed E-state index contributed by atoms with van der Waals surface area (Å²) < 4.78 is 50.8. The Morgan fingerprint density at radius 3 is 1.84 bits per heavy atom. The summed E-state index contributed by atoms with van der Waals surface area (Å²) in [6.45, 7) is 6.94. The fourth-order valence-electron chi connectivity index (χ4n) is 1.26. The number of halogens is 4. The van der Waals surface area contributed by atoms with Crippen molar-refractivity contribution in [1.29, 1.82) is 0 Å². The maximum absolute atomic E-state index is 12.8. The maximum atomic E-state index is 12.8. The van der Waals surface area contributed by atoms with Crippen LogP contribution in [0.2, 0.25) is 0 Å². The number of rotatable bonds is 8. The molecular weight excluding hydrogens is 392 g/mol. The van der Waals surface area contributed by atoms with Crippen molar-refractivity contribution in [3.05, 3.63) is 6.92 Å². The Kier molecular flexibility index (Phi) is 15.9. The van der Waals surface area contributed by atoms with Crippen LogP contribution in [0, 0.1) is 48.7 Å². The van der Waals surface area contributed by atoms with Crippen LogP contribution in [-0.4, -0.2) is 22.9 Å². The molecule has 0 heterocycles. The third-order valence-electron chi connectivity index (χ3n) is 2.32. The summed E-state index contributed by atoms with van der Waals surface area (Å²) in [5, 5.41) is 7.99. The Labute approximate surface area is 145 Å². The molecule has 19 heavy (non-hydrogen) atoms. The minimum atomic E-state index is -4.97. The fraction of sp³-hybridized carbons (Fsp3) is 0.833. The Balaban J connectivity index is -0.000000809. The molecule has 2 nitrogen and oxygen atoms in total. The van der Waals surface area contributed by atoms with Crippen LogP contribution in [0.1, 0.15) is 52.4 Å². The first-order valence-electron chi connectivity index (χ1n) is 5.95. The van der Waals surface area contributed by atoms with Crippen LogP contribution in [0.25, 0.3) is 0 Å². The van der Waals surface area contributed by atoms with Crippen molar-refractivity contribution in [3.8, 4) is 0 Å². The van der Waals surface area contributed by atoms with Crippen LogP contribution in [0.3, 0.4) is 0 Å². The SMILES string of the molecule is CCCCCCCC(F)(F)C(F)(F)C(=O)O.[CH2-]C.[Ce]. The third-order valence-corrected chi connectivity index (χ3v) is 2.32. The van der Waals surface area contributed by atoms with E-state index in [0.29, 0.717) is 12.8 Å². The summed E-state index contributed by atoms with van der Waals surface area (Å²) in [6.07, 6.45) is 1.72. The van der Waals surface area contributed by atoms with E-state index in [1.165, 1.54) is 0 Å². The van der Waals surface area contributed by atoms with Crippen molar-refractivity contribution in [2.45, 2.75) is 64.2 Å². The van der Waals surface area contributed by atoms with E-state index >= 15 is 0 Å². The maximum Gasteiger partial charge on any atom is 0.404 e. The first-order chi connectivity index (χ1) is 8.25. The molecule has 114 valence electrons. The normalized spacial score (nSPS) is 11.1. The third kappa shape index (κ3) is 9.18. The van der Waals surface area contributed by atoms with Crippen LogP contribution in [0.15, 0.2) is 0 Å². The number of aliphatic carboxylic acids is 1. The van der Waals surface area contributed by atoms with Gasteiger partial charge >= 0.3 is 17.8 Å². The van der Waals surface area contributed by atoms with Crippen molar-refractivity contribution in [2.75, 3.05) is 0 Å². The summed E-state index contributed by atoms with van der Waals surface area (Å²) in [5.74, 6) is -12.2. The summed E-state index contributed by atoms with van der Waals surface area (Å²) in [5.41, 5.74) is 0. The van der Waals surface area contributed by atoms with Crippen LogP contribution >= 0.6 is 0 Å². The van der Waals surface area contributed by atoms with Crippen LogP contribution < -0.4 is 0 Å². The van der Waals surface area contributed by atoms with E-state index in [-0.39, 0.29) is 48.2 Å². The number of carboxylic acid groups (broad SMARTS) is 1. The summed E-state index contributed by atoms with van der Waals surface area (Å²) >= 11 is 0. The molecule has 0 spiro atoms. The van der Waals surface area contributed by atoms with Gasteiger partial charge in [-0.05, 0) is 6.42 Å². The molecule has 0 bridgehead atoms. The summed E-state index contributed by atoms with van der Waals surface area (Å²) in [6, 6.07) is 0. The number of hydrogen-bond donors (Lipinski definition) is 1. The number of carbonyl (C=O) groups is 1. The van der Waals surface area contributed by atoms with E-state index in [2.05, 4.69) is 6.92 Å². The monoisotopic (exact) mass is 413 g/mol. The Morgan fingerprint density at radius 1 is 1.05 bits per heavy atom. The Hall–Kier alpha value is 0.567. The number of carboxylic acids is 1. The van der Waals surface area contributed by atoms with Gasteiger partial charge in [-0.2, -0.15) is 24.5 Å². The minimum Gasteiger partial charge on any atom is -0.477 e. The van der Waals surface area contributed by atoms with Gasteiger partial charge in [-0.1, -0.05) is 32.6 Å². The predicted molar refractivity (Wildman–Crippen MR) is 61.9 cm³/mol. The van der Waals surface area contributed by atoms with Gasteiger partial charge in [-0.3, -0.25) is 0 Å². The summed E-state index contributed by atoms with van der Waals surface area (Å²) in [7, 11) is 0. The topological polar surface area (TPSA) is 37.3 Å². The van der Waals surface area contributed by atoms with Gasteiger partial charge in [-0.25, -0.2) is 4.79 Å². The molecule has 0 aliphatic rings. The molecular formula is C12H21CeF4O2-. The molecule has 0 aromatic carbocycles. The second-order valence-corrected chi connectivity index (χ2v) is 3.75. The predicted octanol–water partition coefficient (Wildman–Crippen LogP) is 4.54. The molecule has 0 saturated carbocycles. The standard InChI is InChI=1S/C10H16F4O2.C2H5.Ce/c1-2-3-4-5-6-7-9(11,12)10(13,14)8(15)16;1-2;/h2-7H2,1H3,(H,15,16);1H2,2H3;/q;-1;. The van der Waals surface area contributed by atoms with E-state index in [4.69, 9.17) is 5.11 Å². The largest absolute Gasteiger partial charge is 0.477 e. The molecule has 0 saturated heterocycles. The van der Waals surface area contributed by atoms with E-state index < -0.39 is 24.2 Å². The molecule has 0 aromatic rings. The first-order valence-corrected chi connectivity index (χ1v) is 5.95. The Morgan fingerprint density at radius 2 is 1.47 bits per heavy atom. The molecule has 0 aliphatic carbocycles. The molecule has 0 aromatic heterocycles. The van der Waals surface area contributed by atoms with Gasteiger partial charge in [0.2, 0.25) is 0 Å². The minimum absolute atomic E-state index is 0. The Bertz CT molecular complexity index is 236. The van der Waals surface area contributed by atoms with E-state index in [1.807, 2.05) is 6.92 Å². The van der Waals surface area contributed by atoms with Gasteiger partial charge in [-0.15, -0.1) is 0 Å². The van der Waals surface area contributed by atoms with E-state index in [9.17, 15) is 22.4 Å². The van der Waals surface area contributed by atoms with Crippen molar-refractivity contribution >= 4 is 5.97 Å². The second kappa shape index (κ2) is 12.3. The van der Waals surface area contributed by atoms with Crippen molar-refractivity contribution in [3.63, 3.8) is 0 Å². The molecule has 0 amide bonds. The number of alkyl halides is 4. The van der Waals surface area contributed by atoms with Crippen molar-refractivity contribution in [2.24, 2.45) is 0 Å². The molecule has 1 N–H and O–H groups in total. The van der Waals surface area contributed by atoms with Gasteiger partial charge in [0.25, 0.3) is 0 Å². The molecule has 0 radical (unpaired) electrons. The van der Waals surface area contributed by atoms with Crippen molar-refractivity contribution < 1.29 is 69.2 Å². The first kappa shape index (κ1) is 24.6. The molecule has 0 rings (SSSR count). The van der Waals surface area contributed by atoms with Gasteiger partial charge in [0, 0.05) is 48.2 Å². The smallest absolute Gasteiger partial charge is 0.404 e. The van der Waals surface area contributed by atoms with Gasteiger partial charge < -0.3 is 12.0 Å². The second-order valence-electron chi connectivity index (χ2n) is 3.75. The van der Waals surface area contributed by atoms with E-state index in [1.54, 1.807) is 6.92 Å². The number of unbranched alkanes of at least 4 members (excludes halogenated alkanes) is 4. The molecule has 0 aliphatic heterocycles. The van der Waals surface area contributed by atoms with Gasteiger partial charge in [0.1, 0.15) is 0 Å². The zero-order valence-corrected chi connectivity index (χ0v) is 14.5. The zero-order chi connectivity index (χ0) is 14.8. The van der Waals surface area contributed by atoms with E-state index in [0.717, 1.165) is 12.8 Å². The molecule has 0 fully saturated rings. The molecule has 7 heteroatoms. The zero-order valence-electron chi connectivity index (χ0n) is 11.3. The average molecular weight is 413 g/mol. The van der Waals surface area contributed by atoms with Gasteiger partial charge in [0.15, 0.2) is 0 Å². The van der Waals surface area contributed by atoms with Crippen LogP contribution in [0.4, 0.5) is 17.6 Å². The summed E-state index contributed by atoms with van der Waals surface area (Å²) in [4.78, 5) is 9.97.